The van der Waals surface area contributed by atoms with Crippen LogP contribution >= 0.6 is 0 Å². The summed E-state index contributed by atoms with van der Waals surface area (Å²) in [4.78, 5) is 38.6. The van der Waals surface area contributed by atoms with E-state index >= 15 is 0 Å². The van der Waals surface area contributed by atoms with E-state index in [0.29, 0.717) is 5.69 Å². The summed E-state index contributed by atoms with van der Waals surface area (Å²) in [6.07, 6.45) is 1.41. The molecule has 2 N–H and O–H groups in total. The molecule has 0 saturated heterocycles. The number of hydrogen-bond donors (Lipinski definition) is 2. The molecule has 21 heavy (non-hydrogen) atoms. The molecule has 0 fully saturated rings. The van der Waals surface area contributed by atoms with Gasteiger partial charge in [0, 0.05) is 11.9 Å². The number of carboxylic acid groups (broad SMARTS) is 1. The number of pyridine rings is 1. The molecule has 108 valence electrons. The number of nitrogens with one attached hydrogen (secondary N) is 1. The summed E-state index contributed by atoms with van der Waals surface area (Å²) in [7, 11) is 0. The van der Waals surface area contributed by atoms with Gasteiger partial charge in [0.25, 0.3) is 11.5 Å². The lowest BCUT2D eigenvalue weighted by Gasteiger charge is -2.20. The zero-order valence-electron chi connectivity index (χ0n) is 11.4. The molecule has 0 unspecified atom stereocenters. The molecule has 1 amide bonds. The van der Waals surface area contributed by atoms with Gasteiger partial charge in [0.1, 0.15) is 12.1 Å². The van der Waals surface area contributed by atoms with E-state index in [9.17, 15) is 14.4 Å². The summed E-state index contributed by atoms with van der Waals surface area (Å²) in [5, 5.41) is 8.99. The number of aryl methyl sites for hydroxylation is 1. The van der Waals surface area contributed by atoms with Gasteiger partial charge >= 0.3 is 5.97 Å². The van der Waals surface area contributed by atoms with Gasteiger partial charge in [-0.1, -0.05) is 17.7 Å². The van der Waals surface area contributed by atoms with Crippen LogP contribution in [-0.4, -0.2) is 28.5 Å². The summed E-state index contributed by atoms with van der Waals surface area (Å²) in [5.74, 6) is -1.81. The summed E-state index contributed by atoms with van der Waals surface area (Å²) in [6.45, 7) is 1.37. The molecule has 2 aromatic rings. The van der Waals surface area contributed by atoms with Crippen molar-refractivity contribution >= 4 is 17.6 Å². The van der Waals surface area contributed by atoms with Crippen LogP contribution in [-0.2, 0) is 4.79 Å². The second kappa shape index (κ2) is 6.04. The summed E-state index contributed by atoms with van der Waals surface area (Å²) in [5.41, 5.74) is 0.764. The number of H-pyrrole nitrogens is 1. The van der Waals surface area contributed by atoms with Crippen LogP contribution in [0.4, 0.5) is 5.69 Å². The second-order valence-corrected chi connectivity index (χ2v) is 4.53. The van der Waals surface area contributed by atoms with Gasteiger partial charge in [-0.3, -0.25) is 19.3 Å². The van der Waals surface area contributed by atoms with Gasteiger partial charge in [-0.2, -0.15) is 0 Å². The molecule has 0 radical (unpaired) electrons. The normalized spacial score (nSPS) is 10.1. The molecule has 0 saturated carbocycles. The van der Waals surface area contributed by atoms with Crippen molar-refractivity contribution in [1.82, 2.24) is 4.98 Å². The lowest BCUT2D eigenvalue weighted by molar-refractivity contribution is -0.135. The molecule has 0 spiro atoms. The number of carbonyl (C=O) groups excluding carboxylic acids is 1. The molecule has 1 aromatic heterocycles. The molecule has 0 aliphatic carbocycles. The Hall–Kier alpha value is -2.89. The number of aromatic nitrogens is 1. The van der Waals surface area contributed by atoms with Crippen molar-refractivity contribution in [3.8, 4) is 0 Å². The highest BCUT2D eigenvalue weighted by atomic mass is 16.4. The Bertz CT molecular complexity index is 719. The average molecular weight is 286 g/mol. The van der Waals surface area contributed by atoms with Crippen LogP contribution in [0.1, 0.15) is 15.9 Å². The number of hydrogen-bond acceptors (Lipinski definition) is 3. The molecule has 6 heteroatoms. The van der Waals surface area contributed by atoms with Crippen LogP contribution in [0.3, 0.4) is 0 Å². The Kier molecular flexibility index (Phi) is 4.18. The first-order valence-electron chi connectivity index (χ1n) is 6.27. The van der Waals surface area contributed by atoms with Crippen LogP contribution in [0.25, 0.3) is 0 Å². The number of rotatable bonds is 4. The maximum Gasteiger partial charge on any atom is 0.323 e. The van der Waals surface area contributed by atoms with Crippen molar-refractivity contribution in [2.24, 2.45) is 0 Å². The predicted molar refractivity (Wildman–Crippen MR) is 77.6 cm³/mol. The fourth-order valence-electron chi connectivity index (χ4n) is 1.88. The highest BCUT2D eigenvalue weighted by molar-refractivity contribution is 6.07. The van der Waals surface area contributed by atoms with Crippen LogP contribution in [0.2, 0.25) is 0 Å². The maximum absolute atomic E-state index is 12.4. The van der Waals surface area contributed by atoms with Crippen LogP contribution in [0.5, 0.6) is 0 Å². The molecule has 0 aliphatic rings. The Balaban J connectivity index is 2.43. The Morgan fingerprint density at radius 2 is 1.86 bits per heavy atom. The van der Waals surface area contributed by atoms with Gasteiger partial charge in [-0.25, -0.2) is 0 Å². The van der Waals surface area contributed by atoms with E-state index in [1.807, 2.05) is 6.92 Å². The number of benzene rings is 1. The molecular formula is C15H14N2O4. The van der Waals surface area contributed by atoms with Gasteiger partial charge in [-0.05, 0) is 31.2 Å². The summed E-state index contributed by atoms with van der Waals surface area (Å²) >= 11 is 0. The maximum atomic E-state index is 12.4. The minimum absolute atomic E-state index is 0.0978. The van der Waals surface area contributed by atoms with Gasteiger partial charge in [-0.15, -0.1) is 0 Å². The van der Waals surface area contributed by atoms with Crippen LogP contribution < -0.4 is 10.5 Å². The molecule has 0 aliphatic heterocycles. The van der Waals surface area contributed by atoms with Gasteiger partial charge in [0.2, 0.25) is 0 Å². The van der Waals surface area contributed by atoms with E-state index in [-0.39, 0.29) is 5.56 Å². The zero-order chi connectivity index (χ0) is 15.4. The first-order valence-corrected chi connectivity index (χ1v) is 6.27. The highest BCUT2D eigenvalue weighted by Crippen LogP contribution is 2.17. The highest BCUT2D eigenvalue weighted by Gasteiger charge is 2.22. The zero-order valence-corrected chi connectivity index (χ0v) is 11.4. The third kappa shape index (κ3) is 3.36. The topological polar surface area (TPSA) is 90.5 Å². The minimum atomic E-state index is -1.16. The predicted octanol–water partition coefficient (Wildman–Crippen LogP) is 1.41. The van der Waals surface area contributed by atoms with Gasteiger partial charge in [0.05, 0.1) is 0 Å². The SMILES string of the molecule is Cc1ccc(N(CC(=O)O)C(=O)c2ccc[nH]c2=O)cc1. The Labute approximate surface area is 120 Å². The molecular weight excluding hydrogens is 272 g/mol. The van der Waals surface area contributed by atoms with E-state index in [1.165, 1.54) is 18.3 Å². The first kappa shape index (κ1) is 14.5. The smallest absolute Gasteiger partial charge is 0.323 e. The third-order valence-electron chi connectivity index (χ3n) is 2.93. The number of carboxylic acids is 1. The number of anilines is 1. The van der Waals surface area contributed by atoms with E-state index in [4.69, 9.17) is 5.11 Å². The summed E-state index contributed by atoms with van der Waals surface area (Å²) in [6, 6.07) is 9.72. The van der Waals surface area contributed by atoms with Crippen molar-refractivity contribution < 1.29 is 14.7 Å². The number of carbonyl (C=O) groups is 2. The molecule has 0 atom stereocenters. The number of aromatic amines is 1. The van der Waals surface area contributed by atoms with Crippen molar-refractivity contribution in [1.29, 1.82) is 0 Å². The van der Waals surface area contributed by atoms with Crippen LogP contribution in [0, 0.1) is 6.92 Å². The molecule has 2 rings (SSSR count). The lowest BCUT2D eigenvalue weighted by atomic mass is 10.2. The monoisotopic (exact) mass is 286 g/mol. The molecule has 1 aromatic carbocycles. The van der Waals surface area contributed by atoms with E-state index in [2.05, 4.69) is 4.98 Å². The summed E-state index contributed by atoms with van der Waals surface area (Å²) < 4.78 is 0. The molecule has 6 nitrogen and oxygen atoms in total. The van der Waals surface area contributed by atoms with Crippen molar-refractivity contribution in [3.05, 3.63) is 64.1 Å². The fraction of sp³-hybridized carbons (Fsp3) is 0.133. The Morgan fingerprint density at radius 1 is 1.19 bits per heavy atom. The van der Waals surface area contributed by atoms with Crippen LogP contribution in [0.15, 0.2) is 47.4 Å². The number of nitrogens with zero attached hydrogens (tertiary/aromatic N) is 1. The van der Waals surface area contributed by atoms with E-state index in [1.54, 1.807) is 24.3 Å². The van der Waals surface area contributed by atoms with Crippen molar-refractivity contribution in [2.45, 2.75) is 6.92 Å². The lowest BCUT2D eigenvalue weighted by Crippen LogP contribution is -2.38. The first-order chi connectivity index (χ1) is 9.99. The van der Waals surface area contributed by atoms with Gasteiger partial charge in [0.15, 0.2) is 0 Å². The molecule has 0 bridgehead atoms. The van der Waals surface area contributed by atoms with E-state index in [0.717, 1.165) is 10.5 Å². The average Bonchev–Trinajstić information content (AvgIpc) is 2.45. The standard InChI is InChI=1S/C15H14N2O4/c1-10-4-6-11(7-5-10)17(9-13(18)19)15(21)12-3-2-8-16-14(12)20/h2-8H,9H2,1H3,(H,16,20)(H,18,19). The minimum Gasteiger partial charge on any atom is -0.480 e. The van der Waals surface area contributed by atoms with Crippen molar-refractivity contribution in [3.63, 3.8) is 0 Å². The van der Waals surface area contributed by atoms with E-state index < -0.39 is 24.0 Å². The Morgan fingerprint density at radius 3 is 2.43 bits per heavy atom. The third-order valence-corrected chi connectivity index (χ3v) is 2.93. The number of aliphatic carboxylic acids is 1. The molecule has 1 heterocycles. The second-order valence-electron chi connectivity index (χ2n) is 4.53. The van der Waals surface area contributed by atoms with Crippen molar-refractivity contribution in [2.75, 3.05) is 11.4 Å². The van der Waals surface area contributed by atoms with Gasteiger partial charge < -0.3 is 10.1 Å². The quantitative estimate of drug-likeness (QED) is 0.889. The largest absolute Gasteiger partial charge is 0.480 e. The fourth-order valence-corrected chi connectivity index (χ4v) is 1.88. The number of amides is 1.